The van der Waals surface area contributed by atoms with Crippen LogP contribution in [-0.4, -0.2) is 34.1 Å². The molecular weight excluding hydrogens is 630 g/mol. The molecule has 0 bridgehead atoms. The molecular formula is Gd3Se2. The average Bonchev–Trinajstić information content (AvgIpc) is 0. The molecule has 0 aliphatic heterocycles. The first-order valence-corrected chi connectivity index (χ1v) is 0. The maximum Gasteiger partial charge on any atom is 0 e. The van der Waals surface area contributed by atoms with Gasteiger partial charge < -0.3 is 0 Å². The van der Waals surface area contributed by atoms with Crippen LogP contribution in [0.15, 0.2) is 0 Å². The molecule has 5 heavy (non-hydrogen) atoms. The fourth-order valence-electron chi connectivity index (χ4n) is 0. The van der Waals surface area contributed by atoms with Crippen LogP contribution in [0.3, 0.4) is 0 Å². The second-order valence-electron chi connectivity index (χ2n) is 0. The standard InChI is InChI=1S/3Gd.2Se. The summed E-state index contributed by atoms with van der Waals surface area (Å²) in [5, 5.41) is 0. The van der Waals surface area contributed by atoms with Crippen molar-refractivity contribution in [2.24, 2.45) is 0 Å². The van der Waals surface area contributed by atoms with Gasteiger partial charge in [-0.15, -0.1) is 0 Å². The summed E-state index contributed by atoms with van der Waals surface area (Å²) >= 11 is 0. The molecule has 5 heteroatoms. The van der Waals surface area contributed by atoms with Crippen LogP contribution in [0.1, 0.15) is 0 Å². The minimum atomic E-state index is 0. The molecule has 0 aliphatic carbocycles. The predicted octanol–water partition coefficient (Wildman–Crippen LogP) is -0.762. The minimum Gasteiger partial charge on any atom is 0 e. The summed E-state index contributed by atoms with van der Waals surface area (Å²) in [4.78, 5) is 0. The molecule has 0 aromatic carbocycles. The molecule has 0 saturated heterocycles. The van der Waals surface area contributed by atoms with Gasteiger partial charge in [-0.3, -0.25) is 0 Å². The Bertz CT molecular complexity index is 4.85. The zero-order chi connectivity index (χ0) is 0. The zero-order valence-electron chi connectivity index (χ0n) is 1.88. The third-order valence-corrected chi connectivity index (χ3v) is 0. The molecule has 0 aromatic rings. The Morgan fingerprint density at radius 3 is 0.400 bits per heavy atom. The Hall–Kier alpha value is 5.01. The van der Waals surface area contributed by atoms with Crippen molar-refractivity contribution in [1.82, 2.24) is 0 Å². The molecule has 0 rings (SSSR count). The Kier molecular flexibility index (Phi) is 149. The van der Waals surface area contributed by atoms with E-state index in [4.69, 9.17) is 0 Å². The van der Waals surface area contributed by atoms with E-state index < -0.39 is 0 Å². The van der Waals surface area contributed by atoms with Crippen LogP contribution >= 0.6 is 0 Å². The van der Waals surface area contributed by atoms with Gasteiger partial charge in [0.15, 0.2) is 0 Å². The molecule has 0 nitrogen and oxygen atoms in total. The molecule has 0 saturated carbocycles. The van der Waals surface area contributed by atoms with E-state index >= 15 is 0 Å². The largest absolute Gasteiger partial charge is 0 e. The van der Waals surface area contributed by atoms with E-state index in [1.807, 2.05) is 0 Å². The van der Waals surface area contributed by atoms with E-state index in [2.05, 4.69) is 0 Å². The van der Waals surface area contributed by atoms with Gasteiger partial charge in [0.1, 0.15) is 0 Å². The first-order valence-electron chi connectivity index (χ1n) is 0. The van der Waals surface area contributed by atoms with E-state index in [9.17, 15) is 0 Å². The monoisotopic (exact) mass is 634 g/mol. The summed E-state index contributed by atoms with van der Waals surface area (Å²) in [5.41, 5.74) is 0. The van der Waals surface area contributed by atoms with Crippen LogP contribution in [0.2, 0.25) is 0 Å². The summed E-state index contributed by atoms with van der Waals surface area (Å²) in [6, 6.07) is 0. The maximum absolute atomic E-state index is 0. The molecule has 0 aliphatic rings. The van der Waals surface area contributed by atoms with Crippen molar-refractivity contribution in [3.63, 3.8) is 0 Å². The average molecular weight is 630 g/mol. The van der Waals surface area contributed by atoms with Crippen LogP contribution < -0.4 is 0 Å². The van der Waals surface area contributed by atoms with Gasteiger partial charge in [-0.05, 0) is 0 Å². The molecule has 0 spiro atoms. The Morgan fingerprint density at radius 1 is 0.400 bits per heavy atom. The van der Waals surface area contributed by atoms with Crippen molar-refractivity contribution in [1.29, 1.82) is 0 Å². The summed E-state index contributed by atoms with van der Waals surface area (Å²) in [5.74, 6) is 0. The van der Waals surface area contributed by atoms with Gasteiger partial charge in [0.25, 0.3) is 0 Å². The number of hydrogen-bond acceptors (Lipinski definition) is 0. The van der Waals surface area contributed by atoms with Crippen molar-refractivity contribution in [3.05, 3.63) is 0 Å². The summed E-state index contributed by atoms with van der Waals surface area (Å²) in [7, 11) is 0. The molecule has 0 amide bonds. The van der Waals surface area contributed by atoms with Gasteiger partial charge >= 0.3 is 0 Å². The topological polar surface area (TPSA) is 0 Å². The van der Waals surface area contributed by atoms with Crippen LogP contribution in [0, 0.1) is 120 Å². The van der Waals surface area contributed by atoms with Crippen LogP contribution in [0.4, 0.5) is 0 Å². The van der Waals surface area contributed by atoms with Gasteiger partial charge in [-0.25, -0.2) is 0 Å². The Labute approximate surface area is 149 Å². The molecule has 36 valence electrons. The summed E-state index contributed by atoms with van der Waals surface area (Å²) in [6.07, 6.45) is 0. The van der Waals surface area contributed by atoms with Crippen LogP contribution in [0.25, 0.3) is 0 Å². The van der Waals surface area contributed by atoms with Gasteiger partial charge in [0, 0.05) is 154 Å². The van der Waals surface area contributed by atoms with Crippen molar-refractivity contribution >= 4 is 34.1 Å². The molecule has 0 fully saturated rings. The van der Waals surface area contributed by atoms with E-state index in [1.54, 1.807) is 0 Å². The molecule has 0 aromatic heterocycles. The normalized spacial score (nSPS) is 0. The maximum atomic E-state index is 0. The molecule has 4 radical (unpaired) electrons. The van der Waals surface area contributed by atoms with E-state index in [1.165, 1.54) is 0 Å². The van der Waals surface area contributed by atoms with Crippen molar-refractivity contribution in [2.45, 2.75) is 0 Å². The molecule has 0 N–H and O–H groups in total. The predicted molar refractivity (Wildman–Crippen MR) is 11.5 cm³/mol. The van der Waals surface area contributed by atoms with Crippen LogP contribution in [-0.2, 0) is 0 Å². The first kappa shape index (κ1) is 32.4. The molecule has 0 unspecified atom stereocenters. The smallest absolute Gasteiger partial charge is 0 e. The van der Waals surface area contributed by atoms with Crippen molar-refractivity contribution < 1.29 is 120 Å². The summed E-state index contributed by atoms with van der Waals surface area (Å²) in [6.45, 7) is 0. The summed E-state index contributed by atoms with van der Waals surface area (Å²) < 4.78 is 0. The Balaban J connectivity index is 0. The third-order valence-electron chi connectivity index (χ3n) is 0. The fourth-order valence-corrected chi connectivity index (χ4v) is 0. The van der Waals surface area contributed by atoms with Gasteiger partial charge in [0.2, 0.25) is 0 Å². The van der Waals surface area contributed by atoms with Crippen molar-refractivity contribution in [2.75, 3.05) is 0 Å². The molecule has 0 atom stereocenters. The van der Waals surface area contributed by atoms with E-state index in [0.717, 1.165) is 0 Å². The van der Waals surface area contributed by atoms with E-state index in [-0.39, 0.29) is 154 Å². The second kappa shape index (κ2) is 23.0. The number of rotatable bonds is 0. The first-order chi connectivity index (χ1) is 0. The molecule has 0 heterocycles. The SMILES string of the molecule is [Gd].[Gd].[Gd].[Se].[Se]. The van der Waals surface area contributed by atoms with Gasteiger partial charge in [-0.1, -0.05) is 0 Å². The minimum absolute atomic E-state index is 0. The van der Waals surface area contributed by atoms with Gasteiger partial charge in [0.05, 0.1) is 0 Å². The van der Waals surface area contributed by atoms with Crippen molar-refractivity contribution in [3.8, 4) is 0 Å². The quantitative estimate of drug-likeness (QED) is 0.310. The van der Waals surface area contributed by atoms with Gasteiger partial charge in [-0.2, -0.15) is 0 Å². The van der Waals surface area contributed by atoms with E-state index in [0.29, 0.717) is 0 Å². The number of hydrogen-bond donors (Lipinski definition) is 0. The second-order valence-corrected chi connectivity index (χ2v) is 0. The van der Waals surface area contributed by atoms with Crippen LogP contribution in [0.5, 0.6) is 0 Å². The zero-order valence-corrected chi connectivity index (χ0v) is 12.1. The fraction of sp³-hybridized carbons (Fsp3) is 0. The third kappa shape index (κ3) is 17.6. The Morgan fingerprint density at radius 2 is 0.400 bits per heavy atom.